The topological polar surface area (TPSA) is 73.2 Å². The lowest BCUT2D eigenvalue weighted by Gasteiger charge is -2.21. The Morgan fingerprint density at radius 1 is 0.478 bits per heavy atom. The number of nitrogens with zero attached hydrogens (tertiary/aromatic N) is 1. The molecule has 1 aliphatic heterocycles. The minimum absolute atomic E-state index is 0.182. The summed E-state index contributed by atoms with van der Waals surface area (Å²) < 4.78 is 58.0. The highest BCUT2D eigenvalue weighted by atomic mass is 32.2. The minimum Gasteiger partial charge on any atom is -0.309 e. The van der Waals surface area contributed by atoms with E-state index in [9.17, 15) is 16.8 Å². The summed E-state index contributed by atoms with van der Waals surface area (Å²) in [6.07, 6.45) is 0. The molecule has 5 nitrogen and oxygen atoms in total. The first-order valence-corrected chi connectivity index (χ1v) is 18.5. The molecule has 1 aliphatic rings. The van der Waals surface area contributed by atoms with Gasteiger partial charge in [-0.15, -0.1) is 11.3 Å². The monoisotopic (exact) mass is 653 g/mol. The Morgan fingerprint density at radius 2 is 1.09 bits per heavy atom. The van der Waals surface area contributed by atoms with Gasteiger partial charge in [0, 0.05) is 21.2 Å². The third-order valence-electron chi connectivity index (χ3n) is 8.85. The van der Waals surface area contributed by atoms with Crippen molar-refractivity contribution in [3.8, 4) is 27.9 Å². The Hall–Kier alpha value is -5.02. The van der Waals surface area contributed by atoms with Gasteiger partial charge in [-0.25, -0.2) is 16.8 Å². The molecule has 0 atom stereocenters. The van der Waals surface area contributed by atoms with Crippen LogP contribution in [0.1, 0.15) is 0 Å². The van der Waals surface area contributed by atoms with Gasteiger partial charge < -0.3 is 4.57 Å². The Morgan fingerprint density at radius 3 is 1.89 bits per heavy atom. The predicted molar refractivity (Wildman–Crippen MR) is 184 cm³/mol. The summed E-state index contributed by atoms with van der Waals surface area (Å²) in [6.45, 7) is 0. The van der Waals surface area contributed by atoms with Crippen LogP contribution in [0.2, 0.25) is 0 Å². The molecule has 46 heavy (non-hydrogen) atoms. The average molecular weight is 654 g/mol. The zero-order valence-corrected chi connectivity index (χ0v) is 26.5. The van der Waals surface area contributed by atoms with Crippen molar-refractivity contribution in [3.05, 3.63) is 139 Å². The maximum absolute atomic E-state index is 13.8. The van der Waals surface area contributed by atoms with Gasteiger partial charge in [0.25, 0.3) is 0 Å². The maximum atomic E-state index is 13.8. The van der Waals surface area contributed by atoms with Crippen LogP contribution in [-0.2, 0) is 19.7 Å². The molecule has 9 rings (SSSR count). The third-order valence-corrected chi connectivity index (χ3v) is 13.7. The van der Waals surface area contributed by atoms with Crippen molar-refractivity contribution in [1.29, 1.82) is 0 Å². The van der Waals surface area contributed by atoms with Crippen LogP contribution in [0.5, 0.6) is 0 Å². The molecule has 0 unspecified atom stereocenters. The summed E-state index contributed by atoms with van der Waals surface area (Å²) in [7, 11) is -8.07. The second-order valence-electron chi connectivity index (χ2n) is 11.4. The summed E-state index contributed by atoms with van der Waals surface area (Å²) in [6, 6.07) is 41.9. The second kappa shape index (κ2) is 9.74. The smallest absolute Gasteiger partial charge is 0.209 e. The van der Waals surface area contributed by atoms with Crippen LogP contribution < -0.4 is 0 Å². The molecule has 0 N–H and O–H groups in total. The lowest BCUT2D eigenvalue weighted by atomic mass is 9.92. The lowest BCUT2D eigenvalue weighted by molar-refractivity contribution is 0.570. The first kappa shape index (κ1) is 27.3. The van der Waals surface area contributed by atoms with Gasteiger partial charge in [0.15, 0.2) is 0 Å². The van der Waals surface area contributed by atoms with Crippen LogP contribution in [-0.4, -0.2) is 21.4 Å². The lowest BCUT2D eigenvalue weighted by Crippen LogP contribution is -2.19. The van der Waals surface area contributed by atoms with Crippen molar-refractivity contribution in [2.75, 3.05) is 0 Å². The van der Waals surface area contributed by atoms with Crippen LogP contribution in [0.25, 0.3) is 59.8 Å². The molecule has 0 saturated carbocycles. The molecule has 6 aromatic carbocycles. The van der Waals surface area contributed by atoms with Gasteiger partial charge in [0.05, 0.1) is 30.6 Å². The molecular weight excluding hydrogens is 631 g/mol. The Balaban J connectivity index is 1.29. The summed E-state index contributed by atoms with van der Waals surface area (Å²) in [5, 5.41) is 5.35. The second-order valence-corrected chi connectivity index (χ2v) is 16.1. The van der Waals surface area contributed by atoms with Gasteiger partial charge in [0.2, 0.25) is 19.7 Å². The van der Waals surface area contributed by atoms with E-state index in [2.05, 4.69) is 65.2 Å². The van der Waals surface area contributed by atoms with Gasteiger partial charge in [-0.3, -0.25) is 0 Å². The van der Waals surface area contributed by atoms with E-state index in [-0.39, 0.29) is 19.6 Å². The largest absolute Gasteiger partial charge is 0.309 e. The molecule has 0 fully saturated rings. The number of thiophene rings is 1. The van der Waals surface area contributed by atoms with Crippen LogP contribution in [0.15, 0.2) is 158 Å². The van der Waals surface area contributed by atoms with Crippen molar-refractivity contribution in [1.82, 2.24) is 4.57 Å². The molecule has 0 spiro atoms. The van der Waals surface area contributed by atoms with Gasteiger partial charge in [0.1, 0.15) is 0 Å². The number of hydrogen-bond donors (Lipinski definition) is 0. The van der Waals surface area contributed by atoms with E-state index in [1.807, 2.05) is 35.7 Å². The Kier molecular flexibility index (Phi) is 5.78. The van der Waals surface area contributed by atoms with Gasteiger partial charge >= 0.3 is 0 Å². The predicted octanol–water partition coefficient (Wildman–Crippen LogP) is 9.31. The molecule has 3 heterocycles. The summed E-state index contributed by atoms with van der Waals surface area (Å²) in [4.78, 5) is -0.751. The van der Waals surface area contributed by atoms with E-state index in [1.54, 1.807) is 29.5 Å². The first-order valence-electron chi connectivity index (χ1n) is 14.7. The fourth-order valence-corrected chi connectivity index (χ4v) is 11.7. The van der Waals surface area contributed by atoms with E-state index >= 15 is 0 Å². The van der Waals surface area contributed by atoms with E-state index in [1.165, 1.54) is 24.3 Å². The quantitative estimate of drug-likeness (QED) is 0.191. The molecule has 0 aliphatic carbocycles. The Bertz CT molecular complexity index is 2780. The van der Waals surface area contributed by atoms with Crippen molar-refractivity contribution in [3.63, 3.8) is 0 Å². The van der Waals surface area contributed by atoms with Crippen molar-refractivity contribution < 1.29 is 16.8 Å². The number of fused-ring (bicyclic) bond motifs is 6. The summed E-state index contributed by atoms with van der Waals surface area (Å²) >= 11 is 1.61. The molecule has 8 heteroatoms. The molecule has 222 valence electrons. The number of aromatic nitrogens is 1. The van der Waals surface area contributed by atoms with E-state index in [0.717, 1.165) is 54.3 Å². The highest BCUT2D eigenvalue weighted by Gasteiger charge is 2.39. The highest BCUT2D eigenvalue weighted by Crippen LogP contribution is 2.45. The first-order chi connectivity index (χ1) is 22.3. The molecule has 0 saturated heterocycles. The fourth-order valence-electron chi connectivity index (χ4n) is 6.72. The zero-order valence-electron chi connectivity index (χ0n) is 24.1. The van der Waals surface area contributed by atoms with Crippen LogP contribution >= 0.6 is 11.3 Å². The maximum Gasteiger partial charge on any atom is 0.209 e. The molecule has 0 amide bonds. The van der Waals surface area contributed by atoms with E-state index in [4.69, 9.17) is 0 Å². The highest BCUT2D eigenvalue weighted by molar-refractivity contribution is 7.97. The number of rotatable bonds is 3. The van der Waals surface area contributed by atoms with E-state index in [0.29, 0.717) is 5.56 Å². The van der Waals surface area contributed by atoms with E-state index < -0.39 is 19.7 Å². The molecular formula is C38H23NO4S3. The number of hydrogen-bond acceptors (Lipinski definition) is 5. The standard InChI is InChI=1S/C38H23NO4S3/c40-45(41)35-12-6-7-13-36(35)46(42,43)38-22-25(15-17-37(38)45)30-23-34-26(18-19-44-34)21-29(30)24-14-16-33-31(20-24)28-10-4-5-11-32(28)39(33)27-8-2-1-3-9-27/h1-23H. The SMILES string of the molecule is O=S1(=O)c2ccccc2S(=O)(=O)c2cc(-c3cc4sccc4cc3-c3ccc4c(c3)c3ccccc3n4-c3ccccc3)ccc21. The van der Waals surface area contributed by atoms with Crippen LogP contribution in [0.3, 0.4) is 0 Å². The summed E-state index contributed by atoms with van der Waals surface area (Å²) in [5.41, 5.74) is 6.64. The zero-order chi connectivity index (χ0) is 31.2. The molecule has 0 radical (unpaired) electrons. The van der Waals surface area contributed by atoms with Gasteiger partial charge in [-0.05, 0) is 106 Å². The Labute approximate surface area is 269 Å². The van der Waals surface area contributed by atoms with Gasteiger partial charge in [-0.2, -0.15) is 0 Å². The average Bonchev–Trinajstić information content (AvgIpc) is 3.69. The number of para-hydroxylation sites is 2. The van der Waals surface area contributed by atoms with Crippen molar-refractivity contribution >= 4 is 62.9 Å². The van der Waals surface area contributed by atoms with Crippen LogP contribution in [0, 0.1) is 0 Å². The van der Waals surface area contributed by atoms with Crippen molar-refractivity contribution in [2.24, 2.45) is 0 Å². The fraction of sp³-hybridized carbons (Fsp3) is 0. The molecule has 8 aromatic rings. The van der Waals surface area contributed by atoms with Crippen molar-refractivity contribution in [2.45, 2.75) is 19.6 Å². The minimum atomic E-state index is -4.07. The third kappa shape index (κ3) is 3.84. The summed E-state index contributed by atoms with van der Waals surface area (Å²) in [5.74, 6) is 0. The van der Waals surface area contributed by atoms with Crippen LogP contribution in [0.4, 0.5) is 0 Å². The van der Waals surface area contributed by atoms with Gasteiger partial charge in [-0.1, -0.05) is 60.7 Å². The molecule has 0 bridgehead atoms. The molecule has 2 aromatic heterocycles. The normalized spacial score (nSPS) is 14.8. The number of sulfone groups is 2. The number of benzene rings is 6.